The summed E-state index contributed by atoms with van der Waals surface area (Å²) in [7, 11) is 0. The van der Waals surface area contributed by atoms with Crippen molar-refractivity contribution in [1.29, 1.82) is 0 Å². The molecule has 3 atom stereocenters. The number of aliphatic hydroxyl groups is 2. The van der Waals surface area contributed by atoms with Gasteiger partial charge in [0, 0.05) is 0 Å². The van der Waals surface area contributed by atoms with Gasteiger partial charge in [0.05, 0.1) is 6.10 Å². The largest absolute Gasteiger partial charge is 0.480 e. The molecule has 0 aliphatic heterocycles. The predicted octanol–water partition coefficient (Wildman–Crippen LogP) is 0.101. The first-order chi connectivity index (χ1) is 7.52. The molecule has 0 bridgehead atoms. The van der Waals surface area contributed by atoms with E-state index in [9.17, 15) is 15.0 Å². The van der Waals surface area contributed by atoms with Gasteiger partial charge in [0.15, 0.2) is 0 Å². The number of rotatable bonds is 5. The van der Waals surface area contributed by atoms with E-state index in [1.54, 1.807) is 30.3 Å². The number of carboxylic acids is 1. The third-order valence-electron chi connectivity index (χ3n) is 2.20. The first-order valence-electron chi connectivity index (χ1n) is 4.92. The summed E-state index contributed by atoms with van der Waals surface area (Å²) in [6.07, 6.45) is -2.20. The number of aliphatic carboxylic acids is 1. The zero-order valence-electron chi connectivity index (χ0n) is 8.87. The van der Waals surface area contributed by atoms with E-state index in [0.717, 1.165) is 0 Å². The predicted molar refractivity (Wildman–Crippen MR) is 57.6 cm³/mol. The second-order valence-corrected chi connectivity index (χ2v) is 3.54. The van der Waals surface area contributed by atoms with Gasteiger partial charge in [-0.3, -0.25) is 10.1 Å². The molecule has 0 fully saturated rings. The number of hydrogen-bond donors (Lipinski definition) is 4. The first kappa shape index (κ1) is 12.6. The van der Waals surface area contributed by atoms with Crippen LogP contribution in [0, 0.1) is 0 Å². The normalized spacial score (nSPS) is 16.4. The highest BCUT2D eigenvalue weighted by Gasteiger charge is 2.25. The summed E-state index contributed by atoms with van der Waals surface area (Å²) in [4.78, 5) is 10.8. The second-order valence-electron chi connectivity index (χ2n) is 3.54. The van der Waals surface area contributed by atoms with Crippen molar-refractivity contribution in [3.63, 3.8) is 0 Å². The highest BCUT2D eigenvalue weighted by molar-refractivity contribution is 5.74. The van der Waals surface area contributed by atoms with Gasteiger partial charge in [0.25, 0.3) is 0 Å². The zero-order valence-corrected chi connectivity index (χ0v) is 8.87. The molecule has 1 aromatic carbocycles. The van der Waals surface area contributed by atoms with E-state index in [-0.39, 0.29) is 0 Å². The third kappa shape index (κ3) is 3.30. The Balaban J connectivity index is 2.69. The molecule has 0 radical (unpaired) electrons. The van der Waals surface area contributed by atoms with Crippen molar-refractivity contribution < 1.29 is 20.1 Å². The fraction of sp³-hybridized carbons (Fsp3) is 0.364. The van der Waals surface area contributed by atoms with Crippen molar-refractivity contribution in [2.45, 2.75) is 25.3 Å². The van der Waals surface area contributed by atoms with E-state index in [2.05, 4.69) is 5.32 Å². The molecule has 88 valence electrons. The summed E-state index contributed by atoms with van der Waals surface area (Å²) >= 11 is 0. The maximum absolute atomic E-state index is 10.8. The first-order valence-corrected chi connectivity index (χ1v) is 4.92. The second kappa shape index (κ2) is 5.60. The molecule has 0 saturated carbocycles. The van der Waals surface area contributed by atoms with Crippen LogP contribution in [-0.4, -0.2) is 33.4 Å². The smallest absolute Gasteiger partial charge is 0.323 e. The highest BCUT2D eigenvalue weighted by Crippen LogP contribution is 2.10. The summed E-state index contributed by atoms with van der Waals surface area (Å²) in [6.45, 7) is 1.35. The van der Waals surface area contributed by atoms with Gasteiger partial charge in [0.1, 0.15) is 12.3 Å². The Bertz CT molecular complexity index is 339. The van der Waals surface area contributed by atoms with Gasteiger partial charge in [-0.2, -0.15) is 0 Å². The average molecular weight is 225 g/mol. The average Bonchev–Trinajstić information content (AvgIpc) is 2.25. The van der Waals surface area contributed by atoms with E-state index >= 15 is 0 Å². The lowest BCUT2D eigenvalue weighted by atomic mass is 10.1. The Morgan fingerprint density at radius 2 is 1.81 bits per heavy atom. The van der Waals surface area contributed by atoms with E-state index < -0.39 is 24.3 Å². The van der Waals surface area contributed by atoms with Crippen LogP contribution in [0.3, 0.4) is 0 Å². The molecule has 0 aliphatic rings. The van der Waals surface area contributed by atoms with Crippen LogP contribution in [0.1, 0.15) is 18.7 Å². The minimum Gasteiger partial charge on any atom is -0.480 e. The summed E-state index contributed by atoms with van der Waals surface area (Å²) in [5, 5.41) is 30.2. The lowest BCUT2D eigenvalue weighted by Gasteiger charge is -2.21. The van der Waals surface area contributed by atoms with Crippen molar-refractivity contribution >= 4 is 5.97 Å². The molecule has 0 spiro atoms. The van der Waals surface area contributed by atoms with Crippen LogP contribution in [0.4, 0.5) is 0 Å². The molecule has 1 aromatic rings. The van der Waals surface area contributed by atoms with Crippen LogP contribution in [0.15, 0.2) is 30.3 Å². The molecule has 5 heteroatoms. The van der Waals surface area contributed by atoms with Gasteiger partial charge in [-0.05, 0) is 12.5 Å². The number of nitrogens with one attached hydrogen (secondary N) is 1. The van der Waals surface area contributed by atoms with E-state index in [1.807, 2.05) is 0 Å². The van der Waals surface area contributed by atoms with Gasteiger partial charge < -0.3 is 15.3 Å². The highest BCUT2D eigenvalue weighted by atomic mass is 16.4. The topological polar surface area (TPSA) is 89.8 Å². The van der Waals surface area contributed by atoms with E-state index in [0.29, 0.717) is 5.56 Å². The van der Waals surface area contributed by atoms with Gasteiger partial charge in [-0.15, -0.1) is 0 Å². The Morgan fingerprint density at radius 1 is 1.25 bits per heavy atom. The lowest BCUT2D eigenvalue weighted by Crippen LogP contribution is -2.46. The Hall–Kier alpha value is -1.43. The molecule has 3 unspecified atom stereocenters. The molecule has 0 heterocycles. The maximum atomic E-state index is 10.8. The molecule has 16 heavy (non-hydrogen) atoms. The number of hydrogen-bond acceptors (Lipinski definition) is 4. The molecule has 1 rings (SSSR count). The van der Waals surface area contributed by atoms with Crippen LogP contribution in [0.5, 0.6) is 0 Å². The molecule has 4 N–H and O–H groups in total. The van der Waals surface area contributed by atoms with Crippen LogP contribution < -0.4 is 5.32 Å². The van der Waals surface area contributed by atoms with Crippen LogP contribution in [-0.2, 0) is 4.79 Å². The quantitative estimate of drug-likeness (QED) is 0.534. The maximum Gasteiger partial charge on any atom is 0.323 e. The van der Waals surface area contributed by atoms with Crippen molar-refractivity contribution in [2.24, 2.45) is 0 Å². The minimum atomic E-state index is -1.20. The SMILES string of the molecule is CC(O)C(NC(O)c1ccccc1)C(=O)O. The fourth-order valence-corrected chi connectivity index (χ4v) is 1.32. The van der Waals surface area contributed by atoms with Crippen LogP contribution in [0.25, 0.3) is 0 Å². The van der Waals surface area contributed by atoms with Crippen molar-refractivity contribution in [2.75, 3.05) is 0 Å². The zero-order chi connectivity index (χ0) is 12.1. The van der Waals surface area contributed by atoms with Crippen molar-refractivity contribution in [3.05, 3.63) is 35.9 Å². The van der Waals surface area contributed by atoms with Crippen LogP contribution >= 0.6 is 0 Å². The standard InChI is InChI=1S/C11H15NO4/c1-7(13)9(11(15)16)12-10(14)8-5-3-2-4-6-8/h2-7,9-10,12-14H,1H3,(H,15,16). The molecular formula is C11H15NO4. The van der Waals surface area contributed by atoms with Gasteiger partial charge in [-0.1, -0.05) is 30.3 Å². The summed E-state index contributed by atoms with van der Waals surface area (Å²) < 4.78 is 0. The molecule has 0 aromatic heterocycles. The molecular weight excluding hydrogens is 210 g/mol. The van der Waals surface area contributed by atoms with Gasteiger partial charge in [0.2, 0.25) is 0 Å². The van der Waals surface area contributed by atoms with Gasteiger partial charge in [-0.25, -0.2) is 0 Å². The van der Waals surface area contributed by atoms with Crippen molar-refractivity contribution in [1.82, 2.24) is 5.32 Å². The minimum absolute atomic E-state index is 0.550. The summed E-state index contributed by atoms with van der Waals surface area (Å²) in [5.74, 6) is -1.20. The third-order valence-corrected chi connectivity index (χ3v) is 2.20. The summed E-state index contributed by atoms with van der Waals surface area (Å²) in [5.41, 5.74) is 0.550. The Kier molecular flexibility index (Phi) is 4.42. The molecule has 0 aliphatic carbocycles. The summed E-state index contributed by atoms with van der Waals surface area (Å²) in [6, 6.07) is 7.39. The lowest BCUT2D eigenvalue weighted by molar-refractivity contribution is -0.143. The molecule has 5 nitrogen and oxygen atoms in total. The van der Waals surface area contributed by atoms with E-state index in [1.165, 1.54) is 6.92 Å². The molecule has 0 saturated heterocycles. The number of carboxylic acid groups (broad SMARTS) is 1. The number of carbonyl (C=O) groups is 1. The number of aliphatic hydroxyl groups excluding tert-OH is 2. The van der Waals surface area contributed by atoms with Gasteiger partial charge >= 0.3 is 5.97 Å². The number of benzene rings is 1. The Morgan fingerprint density at radius 3 is 2.25 bits per heavy atom. The molecule has 0 amide bonds. The monoisotopic (exact) mass is 225 g/mol. The van der Waals surface area contributed by atoms with Crippen molar-refractivity contribution in [3.8, 4) is 0 Å². The van der Waals surface area contributed by atoms with E-state index in [4.69, 9.17) is 5.11 Å². The Labute approximate surface area is 93.4 Å². The van der Waals surface area contributed by atoms with Crippen LogP contribution in [0.2, 0.25) is 0 Å². The fourth-order valence-electron chi connectivity index (χ4n) is 1.32.